The lowest BCUT2D eigenvalue weighted by Gasteiger charge is -2.48. The smallest absolute Gasteiger partial charge is 0.280 e. The molecule has 3 unspecified atom stereocenters. The molecule has 3 aliphatic rings. The van der Waals surface area contributed by atoms with Gasteiger partial charge in [0.05, 0.1) is 4.88 Å². The molecule has 5 heteroatoms. The average Bonchev–Trinajstić information content (AvgIpc) is 3.07. The predicted octanol–water partition coefficient (Wildman–Crippen LogP) is 3.02. The predicted molar refractivity (Wildman–Crippen MR) is 92.6 cm³/mol. The van der Waals surface area contributed by atoms with E-state index in [9.17, 15) is 4.79 Å². The van der Waals surface area contributed by atoms with Gasteiger partial charge in [-0.25, -0.2) is 4.98 Å². The van der Waals surface area contributed by atoms with Gasteiger partial charge in [-0.15, -0.1) is 11.3 Å². The molecule has 5 rings (SSSR count). The molecular formula is C18H21N3OS. The third kappa shape index (κ3) is 2.91. The number of rotatable bonds is 3. The molecule has 0 saturated carbocycles. The first kappa shape index (κ1) is 14.8. The Balaban J connectivity index is 1.45. The molecule has 3 saturated heterocycles. The van der Waals surface area contributed by atoms with Gasteiger partial charge in [0.1, 0.15) is 0 Å². The van der Waals surface area contributed by atoms with Crippen LogP contribution >= 0.6 is 11.3 Å². The lowest BCUT2D eigenvalue weighted by molar-refractivity contribution is 0.0274. The van der Waals surface area contributed by atoms with Gasteiger partial charge in [-0.05, 0) is 37.8 Å². The highest BCUT2D eigenvalue weighted by Gasteiger charge is 2.39. The second kappa shape index (κ2) is 6.06. The summed E-state index contributed by atoms with van der Waals surface area (Å²) in [5, 5.41) is 3.78. The summed E-state index contributed by atoms with van der Waals surface area (Å²) in [6.45, 7) is 4.44. The Bertz CT molecular complexity index is 699. The molecule has 1 aromatic heterocycles. The maximum atomic E-state index is 12.5. The lowest BCUT2D eigenvalue weighted by atomic mass is 9.80. The fourth-order valence-electron chi connectivity index (χ4n) is 3.80. The number of nitrogens with one attached hydrogen (secondary N) is 1. The molecule has 0 spiro atoms. The zero-order valence-corrected chi connectivity index (χ0v) is 14.1. The van der Waals surface area contributed by atoms with E-state index in [1.807, 2.05) is 30.3 Å². The third-order valence-corrected chi connectivity index (χ3v) is 6.17. The van der Waals surface area contributed by atoms with E-state index in [2.05, 4.69) is 22.1 Å². The Kier molecular flexibility index (Phi) is 3.91. The summed E-state index contributed by atoms with van der Waals surface area (Å²) in [7, 11) is 0. The number of aromatic nitrogens is 1. The average molecular weight is 327 g/mol. The lowest BCUT2D eigenvalue weighted by Crippen LogP contribution is -2.60. The zero-order chi connectivity index (χ0) is 15.8. The number of piperidine rings is 3. The number of nitrogens with zero attached hydrogens (tertiary/aromatic N) is 2. The monoisotopic (exact) mass is 327 g/mol. The molecule has 3 fully saturated rings. The van der Waals surface area contributed by atoms with Crippen LogP contribution in [-0.2, 0) is 0 Å². The number of fused-ring (bicyclic) bond motifs is 3. The maximum Gasteiger partial charge on any atom is 0.280 e. The van der Waals surface area contributed by atoms with Crippen LogP contribution in [0.3, 0.4) is 0 Å². The first-order chi connectivity index (χ1) is 11.2. The summed E-state index contributed by atoms with van der Waals surface area (Å²) >= 11 is 1.47. The van der Waals surface area contributed by atoms with E-state index < -0.39 is 0 Å². The number of amides is 1. The second-order valence-corrected chi connectivity index (χ2v) is 7.63. The van der Waals surface area contributed by atoms with Crippen molar-refractivity contribution in [3.8, 4) is 10.4 Å². The van der Waals surface area contributed by atoms with Crippen LogP contribution in [0.1, 0.15) is 29.6 Å². The van der Waals surface area contributed by atoms with Gasteiger partial charge in [-0.3, -0.25) is 9.69 Å². The van der Waals surface area contributed by atoms with Crippen LogP contribution < -0.4 is 5.32 Å². The van der Waals surface area contributed by atoms with Crippen molar-refractivity contribution < 1.29 is 4.79 Å². The van der Waals surface area contributed by atoms with E-state index >= 15 is 0 Å². The van der Waals surface area contributed by atoms with Crippen molar-refractivity contribution in [2.24, 2.45) is 5.92 Å². The van der Waals surface area contributed by atoms with Crippen LogP contribution in [0.4, 0.5) is 0 Å². The highest BCUT2D eigenvalue weighted by molar-refractivity contribution is 7.16. The van der Waals surface area contributed by atoms with Crippen molar-refractivity contribution in [2.75, 3.05) is 13.1 Å². The SMILES string of the molecule is CC1CC2CCN1C[C@@H]2NC(=O)c1ncc(-c2ccccc2)s1. The Hall–Kier alpha value is -1.72. The number of carbonyl (C=O) groups excluding carboxylic acids is 1. The van der Waals surface area contributed by atoms with Gasteiger partial charge in [0.25, 0.3) is 5.91 Å². The molecule has 2 aromatic rings. The molecule has 0 aliphatic carbocycles. The summed E-state index contributed by atoms with van der Waals surface area (Å²) in [5.41, 5.74) is 1.11. The number of thiazole rings is 1. The Morgan fingerprint density at radius 2 is 2.17 bits per heavy atom. The molecule has 120 valence electrons. The summed E-state index contributed by atoms with van der Waals surface area (Å²) in [4.78, 5) is 20.4. The molecule has 1 aromatic carbocycles. The van der Waals surface area contributed by atoms with Crippen LogP contribution in [0, 0.1) is 5.92 Å². The van der Waals surface area contributed by atoms with E-state index in [0.717, 1.165) is 17.0 Å². The van der Waals surface area contributed by atoms with Crippen LogP contribution in [-0.4, -0.2) is 41.0 Å². The maximum absolute atomic E-state index is 12.5. The van der Waals surface area contributed by atoms with Crippen molar-refractivity contribution in [1.82, 2.24) is 15.2 Å². The minimum atomic E-state index is -0.0245. The summed E-state index contributed by atoms with van der Waals surface area (Å²) < 4.78 is 0. The van der Waals surface area contributed by atoms with Gasteiger partial charge in [0.2, 0.25) is 0 Å². The van der Waals surface area contributed by atoms with Crippen molar-refractivity contribution >= 4 is 17.2 Å². The molecule has 2 bridgehead atoms. The van der Waals surface area contributed by atoms with E-state index in [-0.39, 0.29) is 11.9 Å². The molecule has 0 radical (unpaired) electrons. The molecular weight excluding hydrogens is 306 g/mol. The van der Waals surface area contributed by atoms with Crippen molar-refractivity contribution in [1.29, 1.82) is 0 Å². The fraction of sp³-hybridized carbons (Fsp3) is 0.444. The Labute approximate surface area is 140 Å². The molecule has 4 atom stereocenters. The zero-order valence-electron chi connectivity index (χ0n) is 13.2. The minimum Gasteiger partial charge on any atom is -0.346 e. The van der Waals surface area contributed by atoms with Crippen molar-refractivity contribution in [3.05, 3.63) is 41.5 Å². The Morgan fingerprint density at radius 3 is 2.87 bits per heavy atom. The van der Waals surface area contributed by atoms with Gasteiger partial charge in [0, 0.05) is 24.8 Å². The van der Waals surface area contributed by atoms with Crippen LogP contribution in [0.2, 0.25) is 0 Å². The molecule has 4 heterocycles. The van der Waals surface area contributed by atoms with E-state index in [1.165, 1.54) is 30.7 Å². The van der Waals surface area contributed by atoms with Gasteiger partial charge in [-0.1, -0.05) is 30.3 Å². The van der Waals surface area contributed by atoms with E-state index in [1.54, 1.807) is 6.20 Å². The van der Waals surface area contributed by atoms with Crippen LogP contribution in [0.15, 0.2) is 36.5 Å². The van der Waals surface area contributed by atoms with Crippen molar-refractivity contribution in [2.45, 2.75) is 31.8 Å². The van der Waals surface area contributed by atoms with Gasteiger partial charge < -0.3 is 5.32 Å². The molecule has 1 amide bonds. The Morgan fingerprint density at radius 1 is 1.35 bits per heavy atom. The number of carbonyl (C=O) groups is 1. The third-order valence-electron chi connectivity index (χ3n) is 5.13. The first-order valence-electron chi connectivity index (χ1n) is 8.27. The number of benzene rings is 1. The van der Waals surface area contributed by atoms with Gasteiger partial charge in [-0.2, -0.15) is 0 Å². The van der Waals surface area contributed by atoms with Crippen LogP contribution in [0.25, 0.3) is 10.4 Å². The highest BCUT2D eigenvalue weighted by Crippen LogP contribution is 2.32. The normalized spacial score (nSPS) is 29.4. The van der Waals surface area contributed by atoms with Gasteiger partial charge in [0.15, 0.2) is 5.01 Å². The van der Waals surface area contributed by atoms with E-state index in [0.29, 0.717) is 17.0 Å². The summed E-state index contributed by atoms with van der Waals surface area (Å²) in [6, 6.07) is 11.0. The largest absolute Gasteiger partial charge is 0.346 e. The van der Waals surface area contributed by atoms with Gasteiger partial charge >= 0.3 is 0 Å². The first-order valence-corrected chi connectivity index (χ1v) is 9.08. The number of hydrogen-bond acceptors (Lipinski definition) is 4. The van der Waals surface area contributed by atoms with Crippen LogP contribution in [0.5, 0.6) is 0 Å². The van der Waals surface area contributed by atoms with Crippen molar-refractivity contribution in [3.63, 3.8) is 0 Å². The quantitative estimate of drug-likeness (QED) is 0.942. The molecule has 1 N–H and O–H groups in total. The fourth-order valence-corrected chi connectivity index (χ4v) is 4.63. The molecule has 3 aliphatic heterocycles. The number of hydrogen-bond donors (Lipinski definition) is 1. The summed E-state index contributed by atoms with van der Waals surface area (Å²) in [6.07, 6.45) is 4.19. The minimum absolute atomic E-state index is 0.0245. The molecule has 23 heavy (non-hydrogen) atoms. The summed E-state index contributed by atoms with van der Waals surface area (Å²) in [5.74, 6) is 0.594. The standard InChI is InChI=1S/C18H21N3OS/c1-12-9-14-7-8-21(12)11-15(14)20-17(22)18-19-10-16(23-18)13-5-3-2-4-6-13/h2-6,10,12,14-15H,7-9,11H2,1H3,(H,20,22)/t12?,14?,15-/m0/s1. The highest BCUT2D eigenvalue weighted by atomic mass is 32.1. The van der Waals surface area contributed by atoms with E-state index in [4.69, 9.17) is 0 Å². The molecule has 4 nitrogen and oxygen atoms in total. The second-order valence-electron chi connectivity index (χ2n) is 6.60. The topological polar surface area (TPSA) is 45.2 Å².